The molecule has 0 saturated carbocycles. The molecule has 55 heavy (non-hydrogen) atoms. The van der Waals surface area contributed by atoms with Gasteiger partial charge in [-0.2, -0.15) is 0 Å². The summed E-state index contributed by atoms with van der Waals surface area (Å²) >= 11 is 0. The number of benzene rings is 8. The van der Waals surface area contributed by atoms with Crippen LogP contribution in [0, 0.1) is 0 Å². The number of fused-ring (bicyclic) bond motifs is 1. The van der Waals surface area contributed by atoms with E-state index < -0.39 is 0 Å². The van der Waals surface area contributed by atoms with Crippen LogP contribution in [0.5, 0.6) is 0 Å². The third-order valence-electron chi connectivity index (χ3n) is 10.8. The Morgan fingerprint density at radius 2 is 0.691 bits per heavy atom. The number of hydrogen-bond acceptors (Lipinski definition) is 1. The molecule has 0 N–H and O–H groups in total. The van der Waals surface area contributed by atoms with Crippen molar-refractivity contribution in [3.05, 3.63) is 199 Å². The quantitative estimate of drug-likeness (QED) is 0.159. The van der Waals surface area contributed by atoms with Crippen molar-refractivity contribution in [3.8, 4) is 44.5 Å². The molecule has 1 heteroatoms. The Kier molecular flexibility index (Phi) is 9.49. The lowest BCUT2D eigenvalue weighted by molar-refractivity contribution is 0.569. The second-order valence-corrected chi connectivity index (χ2v) is 16.6. The minimum absolute atomic E-state index is 0.00874. The molecule has 0 spiro atoms. The fourth-order valence-electron chi connectivity index (χ4n) is 7.80. The lowest BCUT2D eigenvalue weighted by Crippen LogP contribution is -2.16. The zero-order valence-corrected chi connectivity index (χ0v) is 32.8. The summed E-state index contributed by atoms with van der Waals surface area (Å²) in [5.41, 5.74) is 15.7. The molecule has 0 aliphatic carbocycles. The molecule has 0 bridgehead atoms. The maximum Gasteiger partial charge on any atom is 0.0540 e. The van der Waals surface area contributed by atoms with Crippen molar-refractivity contribution in [3.63, 3.8) is 0 Å². The average Bonchev–Trinajstić information content (AvgIpc) is 3.21. The molecule has 0 unspecified atom stereocenters. The summed E-state index contributed by atoms with van der Waals surface area (Å²) in [4.78, 5) is 2.49. The maximum atomic E-state index is 2.49. The molecule has 270 valence electrons. The summed E-state index contributed by atoms with van der Waals surface area (Å²) in [7, 11) is 0. The van der Waals surface area contributed by atoms with Crippen LogP contribution in [0.1, 0.15) is 52.7 Å². The van der Waals surface area contributed by atoms with Gasteiger partial charge in [-0.1, -0.05) is 211 Å². The van der Waals surface area contributed by atoms with Crippen LogP contribution < -0.4 is 4.90 Å². The number of hydrogen-bond donors (Lipinski definition) is 0. The van der Waals surface area contributed by atoms with E-state index in [1.54, 1.807) is 0 Å². The third-order valence-corrected chi connectivity index (χ3v) is 10.8. The Morgan fingerprint density at radius 1 is 0.309 bits per heavy atom. The smallest absolute Gasteiger partial charge is 0.0540 e. The van der Waals surface area contributed by atoms with E-state index in [0.29, 0.717) is 0 Å². The Bertz CT molecular complexity index is 2480. The normalized spacial score (nSPS) is 11.8. The van der Waals surface area contributed by atoms with Gasteiger partial charge in [-0.3, -0.25) is 0 Å². The van der Waals surface area contributed by atoms with E-state index in [2.05, 4.69) is 234 Å². The number of para-hydroxylation sites is 3. The molecule has 0 aliphatic heterocycles. The zero-order chi connectivity index (χ0) is 38.2. The third kappa shape index (κ3) is 7.11. The SMILES string of the molecule is CC(C)(C)c1cc(-c2cccc3cccc(-c4ccccc4N(c4ccccc4-c4ccccc4)c4ccccc4-c4ccccc4)c23)cc(C(C)(C)C)c1. The summed E-state index contributed by atoms with van der Waals surface area (Å²) in [6, 6.07) is 68.9. The minimum atomic E-state index is 0.00874. The van der Waals surface area contributed by atoms with Gasteiger partial charge in [0.25, 0.3) is 0 Å². The van der Waals surface area contributed by atoms with Gasteiger partial charge in [-0.25, -0.2) is 0 Å². The summed E-state index contributed by atoms with van der Waals surface area (Å²) in [6.45, 7) is 13.9. The Hall–Kier alpha value is -6.18. The first-order valence-corrected chi connectivity index (χ1v) is 19.4. The molecule has 0 heterocycles. The summed E-state index contributed by atoms with van der Waals surface area (Å²) in [6.07, 6.45) is 0. The molecule has 0 atom stereocenters. The topological polar surface area (TPSA) is 3.24 Å². The summed E-state index contributed by atoms with van der Waals surface area (Å²) in [5, 5.41) is 2.49. The summed E-state index contributed by atoms with van der Waals surface area (Å²) in [5.74, 6) is 0. The van der Waals surface area contributed by atoms with Gasteiger partial charge in [0.05, 0.1) is 17.1 Å². The molecule has 8 aromatic rings. The Balaban J connectivity index is 1.43. The van der Waals surface area contributed by atoms with Crippen molar-refractivity contribution >= 4 is 27.8 Å². The maximum absolute atomic E-state index is 2.49. The molecule has 0 aliphatic rings. The molecule has 0 amide bonds. The van der Waals surface area contributed by atoms with E-state index >= 15 is 0 Å². The number of anilines is 3. The molecule has 0 aromatic heterocycles. The van der Waals surface area contributed by atoms with Gasteiger partial charge in [0.1, 0.15) is 0 Å². The van der Waals surface area contributed by atoms with Crippen molar-refractivity contribution in [2.24, 2.45) is 0 Å². The fraction of sp³-hybridized carbons (Fsp3) is 0.148. The summed E-state index contributed by atoms with van der Waals surface area (Å²) < 4.78 is 0. The van der Waals surface area contributed by atoms with E-state index in [1.165, 1.54) is 66.4 Å². The Morgan fingerprint density at radius 3 is 1.16 bits per heavy atom. The monoisotopic (exact) mass is 711 g/mol. The first-order valence-electron chi connectivity index (χ1n) is 19.4. The number of rotatable bonds is 7. The van der Waals surface area contributed by atoms with E-state index in [4.69, 9.17) is 0 Å². The Labute approximate surface area is 327 Å². The van der Waals surface area contributed by atoms with Crippen molar-refractivity contribution < 1.29 is 0 Å². The predicted octanol–water partition coefficient (Wildman–Crippen LogP) is 15.6. The minimum Gasteiger partial charge on any atom is -0.309 e. The highest BCUT2D eigenvalue weighted by atomic mass is 15.1. The second kappa shape index (κ2) is 14.6. The molecule has 8 rings (SSSR count). The van der Waals surface area contributed by atoms with Gasteiger partial charge in [0.2, 0.25) is 0 Å². The largest absolute Gasteiger partial charge is 0.309 e. The van der Waals surface area contributed by atoms with Crippen LogP contribution in [0.25, 0.3) is 55.3 Å². The van der Waals surface area contributed by atoms with Crippen LogP contribution >= 0.6 is 0 Å². The van der Waals surface area contributed by atoms with E-state index in [9.17, 15) is 0 Å². The highest BCUT2D eigenvalue weighted by molar-refractivity contribution is 6.09. The fourth-order valence-corrected chi connectivity index (χ4v) is 7.80. The van der Waals surface area contributed by atoms with E-state index in [0.717, 1.165) is 17.1 Å². The zero-order valence-electron chi connectivity index (χ0n) is 32.8. The molecular formula is C54H49N. The van der Waals surface area contributed by atoms with Crippen molar-refractivity contribution in [1.29, 1.82) is 0 Å². The van der Waals surface area contributed by atoms with Gasteiger partial charge >= 0.3 is 0 Å². The van der Waals surface area contributed by atoms with Gasteiger partial charge in [-0.05, 0) is 78.7 Å². The standard InChI is InChI=1S/C54H49N/c1-53(2,3)42-35-41(36-43(37-42)54(4,5)6)46-30-19-25-40-26-20-31-48(52(40)46)47-29-15-18-34-51(47)55(49-32-16-13-27-44(49)38-21-9-7-10-22-38)50-33-17-14-28-45(50)39-23-11-8-12-24-39/h7-37H,1-6H3. The highest BCUT2D eigenvalue weighted by Crippen LogP contribution is 2.49. The molecule has 8 aromatic carbocycles. The molecule has 0 radical (unpaired) electrons. The van der Waals surface area contributed by atoms with Gasteiger partial charge in [0, 0.05) is 16.7 Å². The van der Waals surface area contributed by atoms with Gasteiger partial charge < -0.3 is 4.90 Å². The van der Waals surface area contributed by atoms with Crippen LogP contribution in [0.4, 0.5) is 17.1 Å². The molecule has 1 nitrogen and oxygen atoms in total. The van der Waals surface area contributed by atoms with E-state index in [1.807, 2.05) is 0 Å². The molecular weight excluding hydrogens is 663 g/mol. The van der Waals surface area contributed by atoms with Gasteiger partial charge in [0.15, 0.2) is 0 Å². The molecule has 0 saturated heterocycles. The first kappa shape index (κ1) is 35.8. The van der Waals surface area contributed by atoms with Gasteiger partial charge in [-0.15, -0.1) is 0 Å². The second-order valence-electron chi connectivity index (χ2n) is 16.6. The lowest BCUT2D eigenvalue weighted by Gasteiger charge is -2.32. The molecule has 0 fully saturated rings. The van der Waals surface area contributed by atoms with Crippen LogP contribution in [0.2, 0.25) is 0 Å². The lowest BCUT2D eigenvalue weighted by atomic mass is 9.78. The predicted molar refractivity (Wildman–Crippen MR) is 238 cm³/mol. The van der Waals surface area contributed by atoms with Crippen LogP contribution in [-0.4, -0.2) is 0 Å². The number of nitrogens with zero attached hydrogens (tertiary/aromatic N) is 1. The van der Waals surface area contributed by atoms with Crippen molar-refractivity contribution in [2.75, 3.05) is 4.90 Å². The highest BCUT2D eigenvalue weighted by Gasteiger charge is 2.25. The van der Waals surface area contributed by atoms with Crippen LogP contribution in [0.15, 0.2) is 188 Å². The first-order chi connectivity index (χ1) is 26.6. The van der Waals surface area contributed by atoms with Crippen molar-refractivity contribution in [2.45, 2.75) is 52.4 Å². The van der Waals surface area contributed by atoms with Crippen LogP contribution in [0.3, 0.4) is 0 Å². The average molecular weight is 712 g/mol. The van der Waals surface area contributed by atoms with E-state index in [-0.39, 0.29) is 10.8 Å². The van der Waals surface area contributed by atoms with Crippen molar-refractivity contribution in [1.82, 2.24) is 0 Å². The van der Waals surface area contributed by atoms with Crippen LogP contribution in [-0.2, 0) is 10.8 Å².